The van der Waals surface area contributed by atoms with Crippen molar-refractivity contribution in [3.8, 4) is 0 Å². The standard InChI is InChI=1S/C15H16N2O4/c16-15(19)12-9-20-6-5-17(12)7-13(18)11-8-21-14-4-2-1-3-10(11)14/h1-4,8,12H,5-7,9H2,(H2,16,19). The number of carbonyl (C=O) groups is 2. The Morgan fingerprint density at radius 2 is 2.14 bits per heavy atom. The van der Waals surface area contributed by atoms with E-state index in [9.17, 15) is 9.59 Å². The average molecular weight is 288 g/mol. The molecule has 3 rings (SSSR count). The van der Waals surface area contributed by atoms with Crippen LogP contribution in [0.4, 0.5) is 0 Å². The number of rotatable bonds is 4. The van der Waals surface area contributed by atoms with Gasteiger partial charge in [0.05, 0.1) is 25.3 Å². The summed E-state index contributed by atoms with van der Waals surface area (Å²) >= 11 is 0. The van der Waals surface area contributed by atoms with E-state index in [1.807, 2.05) is 24.3 Å². The molecule has 21 heavy (non-hydrogen) atoms. The van der Waals surface area contributed by atoms with Gasteiger partial charge in [-0.05, 0) is 6.07 Å². The SMILES string of the molecule is NC(=O)C1COCCN1CC(=O)c1coc2ccccc12. The fourth-order valence-electron chi connectivity index (χ4n) is 2.55. The van der Waals surface area contributed by atoms with E-state index in [-0.39, 0.29) is 18.9 Å². The first kappa shape index (κ1) is 13.8. The molecule has 1 saturated heterocycles. The van der Waals surface area contributed by atoms with Crippen molar-refractivity contribution in [1.82, 2.24) is 4.90 Å². The Hall–Kier alpha value is -2.18. The number of amides is 1. The van der Waals surface area contributed by atoms with Crippen molar-refractivity contribution in [2.24, 2.45) is 5.73 Å². The van der Waals surface area contributed by atoms with E-state index in [0.717, 1.165) is 5.39 Å². The first-order valence-electron chi connectivity index (χ1n) is 6.77. The molecule has 1 aromatic carbocycles. The Kier molecular flexibility index (Phi) is 3.72. The quantitative estimate of drug-likeness (QED) is 0.841. The molecule has 1 atom stereocenters. The van der Waals surface area contributed by atoms with Crippen LogP contribution in [0.5, 0.6) is 0 Å². The number of nitrogens with zero attached hydrogens (tertiary/aromatic N) is 1. The molecular weight excluding hydrogens is 272 g/mol. The summed E-state index contributed by atoms with van der Waals surface area (Å²) in [7, 11) is 0. The number of furan rings is 1. The van der Waals surface area contributed by atoms with Crippen molar-refractivity contribution >= 4 is 22.7 Å². The van der Waals surface area contributed by atoms with Gasteiger partial charge in [-0.2, -0.15) is 0 Å². The van der Waals surface area contributed by atoms with Crippen LogP contribution < -0.4 is 5.73 Å². The van der Waals surface area contributed by atoms with Crippen molar-refractivity contribution in [3.05, 3.63) is 36.1 Å². The topological polar surface area (TPSA) is 85.8 Å². The van der Waals surface area contributed by atoms with Gasteiger partial charge in [-0.3, -0.25) is 14.5 Å². The van der Waals surface area contributed by atoms with Gasteiger partial charge in [0.1, 0.15) is 17.9 Å². The second kappa shape index (κ2) is 5.67. The number of Topliss-reactive ketones (excluding diaryl/α,β-unsaturated/α-hetero) is 1. The smallest absolute Gasteiger partial charge is 0.237 e. The number of ether oxygens (including phenoxy) is 1. The summed E-state index contributed by atoms with van der Waals surface area (Å²) in [5.41, 5.74) is 6.56. The van der Waals surface area contributed by atoms with Crippen molar-refractivity contribution in [1.29, 1.82) is 0 Å². The zero-order valence-electron chi connectivity index (χ0n) is 11.5. The fraction of sp³-hybridized carbons (Fsp3) is 0.333. The van der Waals surface area contributed by atoms with Crippen LogP contribution in [0.1, 0.15) is 10.4 Å². The van der Waals surface area contributed by atoms with Gasteiger partial charge in [-0.15, -0.1) is 0 Å². The van der Waals surface area contributed by atoms with Crippen molar-refractivity contribution in [2.45, 2.75) is 6.04 Å². The first-order chi connectivity index (χ1) is 10.2. The molecule has 1 aromatic heterocycles. The minimum Gasteiger partial charge on any atom is -0.464 e. The zero-order valence-corrected chi connectivity index (χ0v) is 11.5. The summed E-state index contributed by atoms with van der Waals surface area (Å²) < 4.78 is 10.6. The molecule has 1 fully saturated rings. The number of hydrogen-bond acceptors (Lipinski definition) is 5. The van der Waals surface area contributed by atoms with Crippen LogP contribution in [0.3, 0.4) is 0 Å². The van der Waals surface area contributed by atoms with Gasteiger partial charge >= 0.3 is 0 Å². The highest BCUT2D eigenvalue weighted by Gasteiger charge is 2.29. The van der Waals surface area contributed by atoms with E-state index in [0.29, 0.717) is 24.3 Å². The highest BCUT2D eigenvalue weighted by atomic mass is 16.5. The predicted octanol–water partition coefficient (Wildman–Crippen LogP) is 0.802. The second-order valence-electron chi connectivity index (χ2n) is 5.03. The molecule has 1 amide bonds. The van der Waals surface area contributed by atoms with Crippen LogP contribution in [0.2, 0.25) is 0 Å². The lowest BCUT2D eigenvalue weighted by Crippen LogP contribution is -2.53. The van der Waals surface area contributed by atoms with Crippen molar-refractivity contribution in [2.75, 3.05) is 26.3 Å². The summed E-state index contributed by atoms with van der Waals surface area (Å²) in [5.74, 6) is -0.562. The number of carbonyl (C=O) groups excluding carboxylic acids is 2. The molecule has 0 saturated carbocycles. The van der Waals surface area contributed by atoms with E-state index in [1.165, 1.54) is 6.26 Å². The average Bonchev–Trinajstić information content (AvgIpc) is 2.91. The Morgan fingerprint density at radius 1 is 1.33 bits per heavy atom. The largest absolute Gasteiger partial charge is 0.464 e. The van der Waals surface area contributed by atoms with Crippen LogP contribution >= 0.6 is 0 Å². The van der Waals surface area contributed by atoms with Crippen LogP contribution in [0.25, 0.3) is 11.0 Å². The molecule has 2 heterocycles. The number of ketones is 1. The second-order valence-corrected chi connectivity index (χ2v) is 5.03. The van der Waals surface area contributed by atoms with Gasteiger partial charge in [0.2, 0.25) is 5.91 Å². The lowest BCUT2D eigenvalue weighted by Gasteiger charge is -2.32. The van der Waals surface area contributed by atoms with Crippen LogP contribution in [-0.4, -0.2) is 48.9 Å². The molecule has 2 aromatic rings. The molecule has 0 radical (unpaired) electrons. The number of para-hydroxylation sites is 1. The third-order valence-corrected chi connectivity index (χ3v) is 3.70. The normalized spacial score (nSPS) is 19.7. The Bertz CT molecular complexity index is 679. The molecule has 2 N–H and O–H groups in total. The van der Waals surface area contributed by atoms with Gasteiger partial charge in [0.15, 0.2) is 5.78 Å². The number of nitrogens with two attached hydrogens (primary N) is 1. The molecule has 0 aliphatic carbocycles. The number of hydrogen-bond donors (Lipinski definition) is 1. The number of benzene rings is 1. The fourth-order valence-corrected chi connectivity index (χ4v) is 2.55. The highest BCUT2D eigenvalue weighted by molar-refractivity contribution is 6.08. The molecule has 0 spiro atoms. The minimum atomic E-state index is -0.555. The van der Waals surface area contributed by atoms with Gasteiger partial charge in [-0.1, -0.05) is 18.2 Å². The lowest BCUT2D eigenvalue weighted by molar-refractivity contribution is -0.128. The van der Waals surface area contributed by atoms with Crippen molar-refractivity contribution in [3.63, 3.8) is 0 Å². The van der Waals surface area contributed by atoms with E-state index in [2.05, 4.69) is 0 Å². The van der Waals surface area contributed by atoms with Crippen LogP contribution in [0.15, 0.2) is 34.9 Å². The highest BCUT2D eigenvalue weighted by Crippen LogP contribution is 2.21. The third-order valence-electron chi connectivity index (χ3n) is 3.70. The van der Waals surface area contributed by atoms with Gasteiger partial charge in [-0.25, -0.2) is 0 Å². The summed E-state index contributed by atoms with van der Waals surface area (Å²) in [6.45, 7) is 1.35. The minimum absolute atomic E-state index is 0.0897. The maximum absolute atomic E-state index is 12.5. The van der Waals surface area contributed by atoms with Gasteiger partial charge < -0.3 is 14.9 Å². The molecule has 0 bridgehead atoms. The summed E-state index contributed by atoms with van der Waals surface area (Å²) in [5, 5.41) is 0.784. The van der Waals surface area contributed by atoms with E-state index >= 15 is 0 Å². The number of fused-ring (bicyclic) bond motifs is 1. The first-order valence-corrected chi connectivity index (χ1v) is 6.77. The molecule has 1 aliphatic heterocycles. The van der Waals surface area contributed by atoms with Crippen molar-refractivity contribution < 1.29 is 18.7 Å². The van der Waals surface area contributed by atoms with Crippen LogP contribution in [0, 0.1) is 0 Å². The zero-order chi connectivity index (χ0) is 14.8. The van der Waals surface area contributed by atoms with E-state index in [4.69, 9.17) is 14.9 Å². The summed E-state index contributed by atoms with van der Waals surface area (Å²) in [4.78, 5) is 25.6. The number of primary amides is 1. The lowest BCUT2D eigenvalue weighted by atomic mass is 10.1. The van der Waals surface area contributed by atoms with E-state index in [1.54, 1.807) is 4.90 Å². The van der Waals surface area contributed by atoms with Crippen LogP contribution in [-0.2, 0) is 9.53 Å². The maximum Gasteiger partial charge on any atom is 0.237 e. The monoisotopic (exact) mass is 288 g/mol. The van der Waals surface area contributed by atoms with E-state index < -0.39 is 11.9 Å². The Labute approximate surface area is 121 Å². The maximum atomic E-state index is 12.5. The molecule has 110 valence electrons. The van der Waals surface area contributed by atoms with Gasteiger partial charge in [0.25, 0.3) is 0 Å². The molecule has 6 nitrogen and oxygen atoms in total. The van der Waals surface area contributed by atoms with Gasteiger partial charge in [0, 0.05) is 11.9 Å². The summed E-state index contributed by atoms with van der Waals surface area (Å²) in [6, 6.07) is 6.81. The Balaban J connectivity index is 1.80. The summed E-state index contributed by atoms with van der Waals surface area (Å²) in [6.07, 6.45) is 1.47. The molecule has 1 aliphatic rings. The molecular formula is C15H16N2O4. The molecule has 1 unspecified atom stereocenters. The third kappa shape index (κ3) is 2.68. The Morgan fingerprint density at radius 3 is 2.95 bits per heavy atom. The predicted molar refractivity (Wildman–Crippen MR) is 75.9 cm³/mol. The molecule has 6 heteroatoms. The number of morpholine rings is 1.